The summed E-state index contributed by atoms with van der Waals surface area (Å²) in [5.41, 5.74) is 0.192. The Morgan fingerprint density at radius 2 is 2.50 bits per heavy atom. The van der Waals surface area contributed by atoms with Crippen molar-refractivity contribution >= 4 is 17.7 Å². The number of hydrogen-bond donors (Lipinski definition) is 2. The number of hydrogen-bond acceptors (Lipinski definition) is 4. The van der Waals surface area contributed by atoms with Gasteiger partial charge in [0.25, 0.3) is 0 Å². The monoisotopic (exact) mass is 241 g/mol. The molecule has 0 amide bonds. The van der Waals surface area contributed by atoms with Gasteiger partial charge in [0.1, 0.15) is 12.0 Å². The number of aromatic carboxylic acids is 1. The number of rotatable bonds is 8. The Kier molecular flexibility index (Phi) is 5.74. The lowest BCUT2D eigenvalue weighted by atomic mass is 10.3. The van der Waals surface area contributed by atoms with Gasteiger partial charge in [-0.15, -0.1) is 6.58 Å². The van der Waals surface area contributed by atoms with E-state index in [0.717, 1.165) is 18.1 Å². The van der Waals surface area contributed by atoms with Crippen molar-refractivity contribution in [2.75, 3.05) is 18.1 Å². The molecule has 0 atom stereocenters. The van der Waals surface area contributed by atoms with E-state index in [1.807, 2.05) is 6.08 Å². The zero-order chi connectivity index (χ0) is 11.8. The highest BCUT2D eigenvalue weighted by atomic mass is 32.2. The van der Waals surface area contributed by atoms with Crippen molar-refractivity contribution in [3.8, 4) is 0 Å². The lowest BCUT2D eigenvalue weighted by Gasteiger charge is -2.00. The molecule has 0 spiro atoms. The summed E-state index contributed by atoms with van der Waals surface area (Å²) >= 11 is 1.79. The van der Waals surface area contributed by atoms with Gasteiger partial charge in [-0.05, 0) is 6.07 Å². The van der Waals surface area contributed by atoms with Crippen molar-refractivity contribution < 1.29 is 14.3 Å². The summed E-state index contributed by atoms with van der Waals surface area (Å²) in [7, 11) is 0. The summed E-state index contributed by atoms with van der Waals surface area (Å²) < 4.78 is 5.09. The van der Waals surface area contributed by atoms with E-state index in [2.05, 4.69) is 11.9 Å². The third kappa shape index (κ3) is 4.55. The van der Waals surface area contributed by atoms with Crippen LogP contribution in [0.1, 0.15) is 16.1 Å². The van der Waals surface area contributed by atoms with E-state index < -0.39 is 5.97 Å². The summed E-state index contributed by atoms with van der Waals surface area (Å²) in [5.74, 6) is 1.63. The summed E-state index contributed by atoms with van der Waals surface area (Å²) in [4.78, 5) is 10.6. The molecule has 5 heteroatoms. The Morgan fingerprint density at radius 1 is 1.69 bits per heavy atom. The lowest BCUT2D eigenvalue weighted by molar-refractivity contribution is 0.0696. The van der Waals surface area contributed by atoms with Crippen LogP contribution in [0.3, 0.4) is 0 Å². The number of furan rings is 1. The summed E-state index contributed by atoms with van der Waals surface area (Å²) in [6.45, 7) is 5.05. The quantitative estimate of drug-likeness (QED) is 0.538. The second-order valence-electron chi connectivity index (χ2n) is 3.15. The van der Waals surface area contributed by atoms with Crippen molar-refractivity contribution in [1.82, 2.24) is 5.32 Å². The second kappa shape index (κ2) is 7.14. The van der Waals surface area contributed by atoms with Crippen LogP contribution in [-0.4, -0.2) is 29.1 Å². The highest BCUT2D eigenvalue weighted by Crippen LogP contribution is 2.07. The third-order valence-corrected chi connectivity index (χ3v) is 2.82. The minimum atomic E-state index is -0.962. The first-order chi connectivity index (χ1) is 7.74. The van der Waals surface area contributed by atoms with Crippen LogP contribution in [0.5, 0.6) is 0 Å². The van der Waals surface area contributed by atoms with Gasteiger partial charge in [-0.25, -0.2) is 4.79 Å². The summed E-state index contributed by atoms with van der Waals surface area (Å²) in [5, 5.41) is 11.8. The molecule has 88 valence electrons. The van der Waals surface area contributed by atoms with Crippen LogP contribution < -0.4 is 5.32 Å². The second-order valence-corrected chi connectivity index (χ2v) is 4.30. The maximum Gasteiger partial charge on any atom is 0.338 e. The van der Waals surface area contributed by atoms with Crippen molar-refractivity contribution in [3.05, 3.63) is 36.3 Å². The Balaban J connectivity index is 2.16. The smallest absolute Gasteiger partial charge is 0.338 e. The van der Waals surface area contributed by atoms with Gasteiger partial charge in [0.2, 0.25) is 0 Å². The molecule has 0 bridgehead atoms. The van der Waals surface area contributed by atoms with Gasteiger partial charge >= 0.3 is 5.97 Å². The number of carbonyl (C=O) groups is 1. The van der Waals surface area contributed by atoms with Gasteiger partial charge in [0, 0.05) is 18.1 Å². The fourth-order valence-corrected chi connectivity index (χ4v) is 1.73. The zero-order valence-electron chi connectivity index (χ0n) is 8.94. The van der Waals surface area contributed by atoms with Crippen LogP contribution in [-0.2, 0) is 6.54 Å². The SMILES string of the molecule is C=CCSCCNCc1cc(C(=O)O)co1. The fraction of sp³-hybridized carbons (Fsp3) is 0.364. The van der Waals surface area contributed by atoms with E-state index in [0.29, 0.717) is 12.3 Å². The standard InChI is InChI=1S/C11H15NO3S/c1-2-4-16-5-3-12-7-10-6-9(8-15-10)11(13)14/h2,6,8,12H,1,3-5,7H2,(H,13,14). The van der Waals surface area contributed by atoms with Gasteiger partial charge in [0.15, 0.2) is 0 Å². The average molecular weight is 241 g/mol. The molecule has 0 unspecified atom stereocenters. The van der Waals surface area contributed by atoms with Crippen LogP contribution in [0, 0.1) is 0 Å². The molecular formula is C11H15NO3S. The fourth-order valence-electron chi connectivity index (χ4n) is 1.11. The maximum absolute atomic E-state index is 10.6. The van der Waals surface area contributed by atoms with E-state index in [1.165, 1.54) is 12.3 Å². The minimum absolute atomic E-state index is 0.192. The summed E-state index contributed by atoms with van der Waals surface area (Å²) in [6, 6.07) is 1.53. The number of nitrogens with one attached hydrogen (secondary N) is 1. The molecule has 0 radical (unpaired) electrons. The predicted octanol–water partition coefficient (Wildman–Crippen LogP) is 1.99. The molecule has 4 nitrogen and oxygen atoms in total. The first-order valence-electron chi connectivity index (χ1n) is 4.94. The lowest BCUT2D eigenvalue weighted by Crippen LogP contribution is -2.16. The zero-order valence-corrected chi connectivity index (χ0v) is 9.76. The Hall–Kier alpha value is -1.20. The molecule has 0 saturated carbocycles. The molecule has 2 N–H and O–H groups in total. The van der Waals surface area contributed by atoms with Crippen LogP contribution in [0.4, 0.5) is 0 Å². The first kappa shape index (κ1) is 12.9. The molecule has 0 fully saturated rings. The van der Waals surface area contributed by atoms with E-state index >= 15 is 0 Å². The molecule has 1 rings (SSSR count). The van der Waals surface area contributed by atoms with Gasteiger partial charge in [-0.3, -0.25) is 0 Å². The van der Waals surface area contributed by atoms with E-state index in [4.69, 9.17) is 9.52 Å². The molecule has 1 aromatic heterocycles. The maximum atomic E-state index is 10.6. The molecule has 1 heterocycles. The van der Waals surface area contributed by atoms with E-state index in [1.54, 1.807) is 11.8 Å². The largest absolute Gasteiger partial charge is 0.478 e. The average Bonchev–Trinajstić information content (AvgIpc) is 2.72. The molecule has 0 saturated heterocycles. The van der Waals surface area contributed by atoms with Gasteiger partial charge < -0.3 is 14.8 Å². The van der Waals surface area contributed by atoms with Crippen molar-refractivity contribution in [3.63, 3.8) is 0 Å². The normalized spacial score (nSPS) is 10.2. The Morgan fingerprint density at radius 3 is 3.12 bits per heavy atom. The number of carboxylic acids is 1. The third-order valence-electron chi connectivity index (χ3n) is 1.86. The molecule has 1 aromatic rings. The van der Waals surface area contributed by atoms with Crippen molar-refractivity contribution in [2.24, 2.45) is 0 Å². The number of thioether (sulfide) groups is 1. The molecule has 0 aromatic carbocycles. The molecule has 0 aliphatic rings. The Labute approximate surface area is 98.7 Å². The van der Waals surface area contributed by atoms with Gasteiger partial charge in [-0.1, -0.05) is 6.08 Å². The predicted molar refractivity (Wildman–Crippen MR) is 64.9 cm³/mol. The topological polar surface area (TPSA) is 62.5 Å². The molecular weight excluding hydrogens is 226 g/mol. The Bertz CT molecular complexity index is 349. The van der Waals surface area contributed by atoms with Gasteiger partial charge in [-0.2, -0.15) is 11.8 Å². The summed E-state index contributed by atoms with van der Waals surface area (Å²) in [6.07, 6.45) is 3.13. The highest BCUT2D eigenvalue weighted by molar-refractivity contribution is 7.99. The van der Waals surface area contributed by atoms with Crippen LogP contribution in [0.15, 0.2) is 29.4 Å². The van der Waals surface area contributed by atoms with E-state index in [-0.39, 0.29) is 5.56 Å². The van der Waals surface area contributed by atoms with Crippen LogP contribution in [0.2, 0.25) is 0 Å². The molecule has 0 aliphatic heterocycles. The van der Waals surface area contributed by atoms with Gasteiger partial charge in [0.05, 0.1) is 12.1 Å². The van der Waals surface area contributed by atoms with Crippen molar-refractivity contribution in [2.45, 2.75) is 6.54 Å². The van der Waals surface area contributed by atoms with Crippen LogP contribution >= 0.6 is 11.8 Å². The first-order valence-corrected chi connectivity index (χ1v) is 6.09. The van der Waals surface area contributed by atoms with Crippen molar-refractivity contribution in [1.29, 1.82) is 0 Å². The molecule has 0 aliphatic carbocycles. The molecule has 16 heavy (non-hydrogen) atoms. The minimum Gasteiger partial charge on any atom is -0.478 e. The van der Waals surface area contributed by atoms with E-state index in [9.17, 15) is 4.79 Å². The number of carboxylic acid groups (broad SMARTS) is 1. The van der Waals surface area contributed by atoms with Crippen LogP contribution in [0.25, 0.3) is 0 Å². The highest BCUT2D eigenvalue weighted by Gasteiger charge is 2.07.